The van der Waals surface area contributed by atoms with E-state index in [0.29, 0.717) is 37.1 Å². The summed E-state index contributed by atoms with van der Waals surface area (Å²) in [5, 5.41) is 15.5. The molecule has 188 valence electrons. The summed E-state index contributed by atoms with van der Waals surface area (Å²) in [5.41, 5.74) is 2.81. The van der Waals surface area contributed by atoms with Gasteiger partial charge >= 0.3 is 0 Å². The molecule has 0 aliphatic carbocycles. The highest BCUT2D eigenvalue weighted by atomic mass is 16.5. The third-order valence-electron chi connectivity index (χ3n) is 5.98. The van der Waals surface area contributed by atoms with E-state index in [-0.39, 0.29) is 12.6 Å². The number of aromatic nitrogens is 2. The van der Waals surface area contributed by atoms with Crippen molar-refractivity contribution in [1.82, 2.24) is 14.7 Å². The summed E-state index contributed by atoms with van der Waals surface area (Å²) in [5.74, 6) is 1.90. The van der Waals surface area contributed by atoms with Crippen LogP contribution in [0.1, 0.15) is 25.8 Å². The molecule has 1 heterocycles. The first-order valence-electron chi connectivity index (χ1n) is 12.0. The minimum Gasteiger partial charge on any atom is -0.493 e. The normalized spacial score (nSPS) is 13.0. The van der Waals surface area contributed by atoms with Crippen LogP contribution in [-0.4, -0.2) is 58.8 Å². The zero-order chi connectivity index (χ0) is 25.2. The SMILES string of the molecule is C=CCOC[C@H](O)CN(Cc1c(-c2ccccc2)nn(C)c1Oc1ccccc1OC)[C@@H](C)CC. The summed E-state index contributed by atoms with van der Waals surface area (Å²) in [4.78, 5) is 2.25. The van der Waals surface area contributed by atoms with Crippen LogP contribution in [0.15, 0.2) is 67.3 Å². The van der Waals surface area contributed by atoms with E-state index in [2.05, 4.69) is 25.3 Å². The number of rotatable bonds is 14. The molecule has 7 nitrogen and oxygen atoms in total. The first kappa shape index (κ1) is 26.5. The summed E-state index contributed by atoms with van der Waals surface area (Å²) in [6, 6.07) is 17.9. The smallest absolute Gasteiger partial charge is 0.222 e. The van der Waals surface area contributed by atoms with Gasteiger partial charge in [0.25, 0.3) is 0 Å². The van der Waals surface area contributed by atoms with Crippen molar-refractivity contribution in [3.8, 4) is 28.6 Å². The number of ether oxygens (including phenoxy) is 3. The van der Waals surface area contributed by atoms with Gasteiger partial charge in [-0.3, -0.25) is 4.90 Å². The molecule has 7 heteroatoms. The second-order valence-electron chi connectivity index (χ2n) is 8.54. The first-order chi connectivity index (χ1) is 17.0. The fraction of sp³-hybridized carbons (Fsp3) is 0.393. The monoisotopic (exact) mass is 479 g/mol. The van der Waals surface area contributed by atoms with Crippen molar-refractivity contribution in [1.29, 1.82) is 0 Å². The van der Waals surface area contributed by atoms with Crippen LogP contribution in [0.3, 0.4) is 0 Å². The van der Waals surface area contributed by atoms with E-state index in [1.165, 1.54) is 0 Å². The molecule has 1 N–H and O–H groups in total. The van der Waals surface area contributed by atoms with E-state index in [0.717, 1.165) is 23.2 Å². The molecule has 0 saturated carbocycles. The van der Waals surface area contributed by atoms with Crippen LogP contribution in [0.25, 0.3) is 11.3 Å². The maximum atomic E-state index is 10.7. The summed E-state index contributed by atoms with van der Waals surface area (Å²) >= 11 is 0. The highest BCUT2D eigenvalue weighted by Crippen LogP contribution is 2.37. The largest absolute Gasteiger partial charge is 0.493 e. The Kier molecular flexibility index (Phi) is 9.90. The van der Waals surface area contributed by atoms with Crippen LogP contribution in [0.5, 0.6) is 17.4 Å². The number of methoxy groups -OCH3 is 1. The summed E-state index contributed by atoms with van der Waals surface area (Å²) < 4.78 is 19.2. The standard InChI is InChI=1S/C28H37N3O4/c1-6-17-34-20-23(32)18-31(21(3)7-2)19-24-27(22-13-9-8-10-14-22)29-30(4)28(24)35-26-16-12-11-15-25(26)33-5/h6,8-16,21,23,32H,1,7,17-20H2,2-5H3/t21-,23+/m0/s1. The fourth-order valence-electron chi connectivity index (χ4n) is 3.93. The Morgan fingerprint density at radius 1 is 1.11 bits per heavy atom. The van der Waals surface area contributed by atoms with Crippen LogP contribution < -0.4 is 9.47 Å². The molecule has 3 aromatic rings. The van der Waals surface area contributed by atoms with Gasteiger partial charge in [-0.05, 0) is 25.5 Å². The Morgan fingerprint density at radius 2 is 1.80 bits per heavy atom. The maximum Gasteiger partial charge on any atom is 0.222 e. The Bertz CT molecular complexity index is 1070. The van der Waals surface area contributed by atoms with Gasteiger partial charge in [0, 0.05) is 31.7 Å². The van der Waals surface area contributed by atoms with Crippen molar-refractivity contribution < 1.29 is 19.3 Å². The van der Waals surface area contributed by atoms with Crippen molar-refractivity contribution in [3.05, 3.63) is 72.8 Å². The van der Waals surface area contributed by atoms with Crippen molar-refractivity contribution in [2.75, 3.05) is 26.9 Å². The van der Waals surface area contributed by atoms with E-state index in [4.69, 9.17) is 19.3 Å². The number of nitrogens with zero attached hydrogens (tertiary/aromatic N) is 3. The lowest BCUT2D eigenvalue weighted by molar-refractivity contribution is 0.0156. The van der Waals surface area contributed by atoms with Crippen molar-refractivity contribution in [3.63, 3.8) is 0 Å². The second kappa shape index (κ2) is 13.1. The molecule has 0 spiro atoms. The number of hydrogen-bond donors (Lipinski definition) is 1. The Labute approximate surface area is 208 Å². The maximum absolute atomic E-state index is 10.7. The van der Waals surface area contributed by atoms with Crippen molar-refractivity contribution >= 4 is 0 Å². The third kappa shape index (κ3) is 6.94. The number of aliphatic hydroxyl groups excluding tert-OH is 1. The zero-order valence-electron chi connectivity index (χ0n) is 21.2. The van der Waals surface area contributed by atoms with Crippen LogP contribution >= 0.6 is 0 Å². The molecule has 0 aliphatic heterocycles. The predicted octanol–water partition coefficient (Wildman–Crippen LogP) is 5.05. The first-order valence-corrected chi connectivity index (χ1v) is 12.0. The lowest BCUT2D eigenvalue weighted by Gasteiger charge is -2.30. The average Bonchev–Trinajstić information content (AvgIpc) is 3.18. The Balaban J connectivity index is 2.00. The lowest BCUT2D eigenvalue weighted by atomic mass is 10.1. The number of aliphatic hydroxyl groups is 1. The van der Waals surface area contributed by atoms with Crippen LogP contribution in [-0.2, 0) is 18.3 Å². The van der Waals surface area contributed by atoms with Gasteiger partial charge in [-0.2, -0.15) is 5.10 Å². The molecule has 0 amide bonds. The van der Waals surface area contributed by atoms with Gasteiger partial charge in [0.05, 0.1) is 32.0 Å². The number of benzene rings is 2. The molecule has 0 saturated heterocycles. The molecule has 0 bridgehead atoms. The fourth-order valence-corrected chi connectivity index (χ4v) is 3.93. The zero-order valence-corrected chi connectivity index (χ0v) is 21.2. The molecule has 35 heavy (non-hydrogen) atoms. The molecule has 2 aromatic carbocycles. The molecule has 0 fully saturated rings. The Morgan fingerprint density at radius 3 is 2.46 bits per heavy atom. The molecule has 1 aromatic heterocycles. The van der Waals surface area contributed by atoms with Gasteiger partial charge in [-0.15, -0.1) is 6.58 Å². The summed E-state index contributed by atoms with van der Waals surface area (Å²) in [7, 11) is 3.51. The molecular weight excluding hydrogens is 442 g/mol. The topological polar surface area (TPSA) is 69.0 Å². The van der Waals surface area contributed by atoms with Gasteiger partial charge in [0.1, 0.15) is 5.69 Å². The minimum absolute atomic E-state index is 0.229. The average molecular weight is 480 g/mol. The van der Waals surface area contributed by atoms with Crippen LogP contribution in [0.2, 0.25) is 0 Å². The van der Waals surface area contributed by atoms with Gasteiger partial charge in [-0.1, -0.05) is 55.5 Å². The van der Waals surface area contributed by atoms with E-state index in [1.807, 2.05) is 61.6 Å². The van der Waals surface area contributed by atoms with Gasteiger partial charge in [-0.25, -0.2) is 4.68 Å². The predicted molar refractivity (Wildman–Crippen MR) is 139 cm³/mol. The molecule has 0 radical (unpaired) electrons. The van der Waals surface area contributed by atoms with E-state index in [9.17, 15) is 5.11 Å². The quantitative estimate of drug-likeness (QED) is 0.258. The van der Waals surface area contributed by atoms with Crippen molar-refractivity contribution in [2.45, 2.75) is 39.0 Å². The van der Waals surface area contributed by atoms with Gasteiger partial charge in [0.2, 0.25) is 5.88 Å². The van der Waals surface area contributed by atoms with E-state index < -0.39 is 6.10 Å². The highest BCUT2D eigenvalue weighted by Gasteiger charge is 2.26. The molecule has 0 unspecified atom stereocenters. The summed E-state index contributed by atoms with van der Waals surface area (Å²) in [6.07, 6.45) is 1.99. The van der Waals surface area contributed by atoms with Gasteiger partial charge < -0.3 is 19.3 Å². The Hall–Kier alpha value is -3.13. The molecule has 3 rings (SSSR count). The number of aryl methyl sites for hydroxylation is 1. The molecule has 0 aliphatic rings. The minimum atomic E-state index is -0.626. The van der Waals surface area contributed by atoms with Gasteiger partial charge in [0.15, 0.2) is 11.5 Å². The second-order valence-corrected chi connectivity index (χ2v) is 8.54. The molecule has 2 atom stereocenters. The molecular formula is C28H37N3O4. The highest BCUT2D eigenvalue weighted by molar-refractivity contribution is 5.66. The lowest BCUT2D eigenvalue weighted by Crippen LogP contribution is -2.40. The third-order valence-corrected chi connectivity index (χ3v) is 5.98. The summed E-state index contributed by atoms with van der Waals surface area (Å²) in [6.45, 7) is 9.65. The van der Waals surface area contributed by atoms with Crippen molar-refractivity contribution in [2.24, 2.45) is 7.05 Å². The van der Waals surface area contributed by atoms with E-state index in [1.54, 1.807) is 17.9 Å². The number of hydrogen-bond acceptors (Lipinski definition) is 6. The van der Waals surface area contributed by atoms with E-state index >= 15 is 0 Å². The van der Waals surface area contributed by atoms with Crippen LogP contribution in [0, 0.1) is 0 Å². The van der Waals surface area contributed by atoms with Crippen LogP contribution in [0.4, 0.5) is 0 Å². The number of para-hydroxylation sites is 2.